The molecule has 1 rings (SSSR count). The molecule has 0 saturated carbocycles. The summed E-state index contributed by atoms with van der Waals surface area (Å²) in [4.78, 5) is 20.0. The Morgan fingerprint density at radius 2 is 1.69 bits per heavy atom. The van der Waals surface area contributed by atoms with Crippen LogP contribution in [-0.4, -0.2) is 15.9 Å². The van der Waals surface area contributed by atoms with Crippen molar-refractivity contribution in [3.05, 3.63) is 22.8 Å². The predicted molar refractivity (Wildman–Crippen MR) is 60.9 cm³/mol. The fraction of sp³-hybridized carbons (Fsp3) is 0.583. The molecule has 0 unspecified atom stereocenters. The minimum absolute atomic E-state index is 0.111. The first-order valence-corrected chi connectivity index (χ1v) is 5.39. The van der Waals surface area contributed by atoms with Crippen LogP contribution in [0.3, 0.4) is 0 Å². The molecule has 0 saturated heterocycles. The highest BCUT2D eigenvalue weighted by Gasteiger charge is 2.11. The van der Waals surface area contributed by atoms with Gasteiger partial charge in [0.1, 0.15) is 6.61 Å². The van der Waals surface area contributed by atoms with Gasteiger partial charge in [0, 0.05) is 0 Å². The highest BCUT2D eigenvalue weighted by molar-refractivity contribution is 5.71. The molecule has 0 spiro atoms. The number of carbonyl (C=O) groups is 1. The van der Waals surface area contributed by atoms with Crippen molar-refractivity contribution in [2.45, 2.75) is 41.2 Å². The second kappa shape index (κ2) is 5.05. The van der Waals surface area contributed by atoms with E-state index in [0.717, 1.165) is 22.8 Å². The smallest absolute Gasteiger partial charge is 0.308 e. The average molecular weight is 222 g/mol. The first kappa shape index (κ1) is 12.6. The van der Waals surface area contributed by atoms with Crippen LogP contribution < -0.4 is 0 Å². The molecular weight excluding hydrogens is 204 g/mol. The quantitative estimate of drug-likeness (QED) is 0.735. The van der Waals surface area contributed by atoms with Crippen molar-refractivity contribution >= 4 is 5.97 Å². The Labute approximate surface area is 96.1 Å². The van der Waals surface area contributed by atoms with Crippen LogP contribution in [0.25, 0.3) is 0 Å². The Kier molecular flexibility index (Phi) is 3.99. The zero-order valence-corrected chi connectivity index (χ0v) is 10.5. The molecule has 0 radical (unpaired) electrons. The van der Waals surface area contributed by atoms with Crippen LogP contribution in [0.4, 0.5) is 0 Å². The van der Waals surface area contributed by atoms with E-state index in [1.54, 1.807) is 13.8 Å². The van der Waals surface area contributed by atoms with Gasteiger partial charge in [0.2, 0.25) is 0 Å². The van der Waals surface area contributed by atoms with E-state index in [-0.39, 0.29) is 18.5 Å². The third-order valence-corrected chi connectivity index (χ3v) is 2.40. The highest BCUT2D eigenvalue weighted by atomic mass is 16.5. The van der Waals surface area contributed by atoms with E-state index in [1.807, 2.05) is 20.8 Å². The second-order valence-corrected chi connectivity index (χ2v) is 4.19. The van der Waals surface area contributed by atoms with Gasteiger partial charge < -0.3 is 4.74 Å². The first-order chi connectivity index (χ1) is 7.41. The predicted octanol–water partition coefficient (Wildman–Crippen LogP) is 2.10. The lowest BCUT2D eigenvalue weighted by molar-refractivity contribution is -0.148. The van der Waals surface area contributed by atoms with Crippen molar-refractivity contribution in [3.8, 4) is 0 Å². The topological polar surface area (TPSA) is 52.1 Å². The van der Waals surface area contributed by atoms with Gasteiger partial charge in [-0.15, -0.1) is 0 Å². The van der Waals surface area contributed by atoms with Crippen LogP contribution >= 0.6 is 0 Å². The van der Waals surface area contributed by atoms with Gasteiger partial charge in [0.05, 0.1) is 28.7 Å². The number of aromatic nitrogens is 2. The Bertz CT molecular complexity index is 400. The third-order valence-electron chi connectivity index (χ3n) is 2.40. The molecule has 0 bridgehead atoms. The van der Waals surface area contributed by atoms with Gasteiger partial charge in [-0.25, -0.2) is 0 Å². The number of esters is 1. The van der Waals surface area contributed by atoms with Gasteiger partial charge in [-0.1, -0.05) is 13.8 Å². The number of aryl methyl sites for hydroxylation is 3. The number of nitrogens with zero attached hydrogens (tertiary/aromatic N) is 2. The normalized spacial score (nSPS) is 10.6. The molecule has 0 fully saturated rings. The molecule has 0 amide bonds. The second-order valence-electron chi connectivity index (χ2n) is 4.19. The summed E-state index contributed by atoms with van der Waals surface area (Å²) in [6, 6.07) is 0. The molecule has 1 aromatic rings. The summed E-state index contributed by atoms with van der Waals surface area (Å²) >= 11 is 0. The standard InChI is InChI=1S/C12H18N2O2/c1-7(2)12(15)16-6-11-10(5)13-8(3)9(4)14-11/h7H,6H2,1-5H3. The summed E-state index contributed by atoms with van der Waals surface area (Å²) in [5.74, 6) is -0.320. The summed E-state index contributed by atoms with van der Waals surface area (Å²) in [6.07, 6.45) is 0. The Balaban J connectivity index is 2.75. The van der Waals surface area contributed by atoms with Crippen LogP contribution in [0.15, 0.2) is 0 Å². The van der Waals surface area contributed by atoms with Gasteiger partial charge in [-0.3, -0.25) is 14.8 Å². The largest absolute Gasteiger partial charge is 0.459 e. The van der Waals surface area contributed by atoms with E-state index < -0.39 is 0 Å². The maximum atomic E-state index is 11.3. The van der Waals surface area contributed by atoms with Crippen LogP contribution in [0.1, 0.15) is 36.6 Å². The molecule has 0 aliphatic carbocycles. The van der Waals surface area contributed by atoms with Crippen LogP contribution in [0.5, 0.6) is 0 Å². The van der Waals surface area contributed by atoms with Crippen molar-refractivity contribution in [2.75, 3.05) is 0 Å². The summed E-state index contributed by atoms with van der Waals surface area (Å²) in [7, 11) is 0. The van der Waals surface area contributed by atoms with E-state index in [9.17, 15) is 4.79 Å². The van der Waals surface area contributed by atoms with Crippen LogP contribution in [-0.2, 0) is 16.1 Å². The SMILES string of the molecule is Cc1nc(C)c(COC(=O)C(C)C)nc1C. The van der Waals surface area contributed by atoms with Crippen LogP contribution in [0, 0.1) is 26.7 Å². The molecule has 0 N–H and O–H groups in total. The summed E-state index contributed by atoms with van der Waals surface area (Å²) in [5.41, 5.74) is 3.34. The lowest BCUT2D eigenvalue weighted by Crippen LogP contribution is -2.13. The molecule has 16 heavy (non-hydrogen) atoms. The minimum atomic E-state index is -0.209. The van der Waals surface area contributed by atoms with Crippen molar-refractivity contribution in [1.82, 2.24) is 9.97 Å². The lowest BCUT2D eigenvalue weighted by atomic mass is 10.2. The lowest BCUT2D eigenvalue weighted by Gasteiger charge is -2.10. The molecule has 0 atom stereocenters. The molecular formula is C12H18N2O2. The molecule has 4 nitrogen and oxygen atoms in total. The van der Waals surface area contributed by atoms with Gasteiger partial charge in [-0.05, 0) is 20.8 Å². The van der Waals surface area contributed by atoms with E-state index >= 15 is 0 Å². The molecule has 0 aliphatic rings. The minimum Gasteiger partial charge on any atom is -0.459 e. The van der Waals surface area contributed by atoms with Gasteiger partial charge in [0.25, 0.3) is 0 Å². The van der Waals surface area contributed by atoms with Crippen molar-refractivity contribution in [2.24, 2.45) is 5.92 Å². The molecule has 0 aromatic carbocycles. The van der Waals surface area contributed by atoms with Crippen molar-refractivity contribution in [3.63, 3.8) is 0 Å². The number of carbonyl (C=O) groups excluding carboxylic acids is 1. The highest BCUT2D eigenvalue weighted by Crippen LogP contribution is 2.09. The van der Waals surface area contributed by atoms with Crippen molar-refractivity contribution in [1.29, 1.82) is 0 Å². The Morgan fingerprint density at radius 3 is 2.25 bits per heavy atom. The maximum Gasteiger partial charge on any atom is 0.308 e. The van der Waals surface area contributed by atoms with Gasteiger partial charge in [-0.2, -0.15) is 0 Å². The summed E-state index contributed by atoms with van der Waals surface area (Å²) in [6.45, 7) is 9.51. The number of rotatable bonds is 3. The van der Waals surface area contributed by atoms with E-state index in [1.165, 1.54) is 0 Å². The number of ether oxygens (including phenoxy) is 1. The van der Waals surface area contributed by atoms with E-state index in [0.29, 0.717) is 0 Å². The summed E-state index contributed by atoms with van der Waals surface area (Å²) < 4.78 is 5.12. The van der Waals surface area contributed by atoms with E-state index in [2.05, 4.69) is 9.97 Å². The zero-order chi connectivity index (χ0) is 12.3. The maximum absolute atomic E-state index is 11.3. The number of hydrogen-bond acceptors (Lipinski definition) is 4. The molecule has 0 aliphatic heterocycles. The Morgan fingerprint density at radius 1 is 1.12 bits per heavy atom. The molecule has 1 heterocycles. The van der Waals surface area contributed by atoms with Gasteiger partial charge in [0.15, 0.2) is 0 Å². The monoisotopic (exact) mass is 222 g/mol. The first-order valence-electron chi connectivity index (χ1n) is 5.39. The van der Waals surface area contributed by atoms with E-state index in [4.69, 9.17) is 4.74 Å². The molecule has 4 heteroatoms. The molecule has 1 aromatic heterocycles. The van der Waals surface area contributed by atoms with Gasteiger partial charge >= 0.3 is 5.97 Å². The Hall–Kier alpha value is -1.45. The number of hydrogen-bond donors (Lipinski definition) is 0. The molecule has 88 valence electrons. The fourth-order valence-corrected chi connectivity index (χ4v) is 1.20. The summed E-state index contributed by atoms with van der Waals surface area (Å²) in [5, 5.41) is 0. The zero-order valence-electron chi connectivity index (χ0n) is 10.5. The average Bonchev–Trinajstić information content (AvgIpc) is 2.20. The van der Waals surface area contributed by atoms with Crippen LogP contribution in [0.2, 0.25) is 0 Å². The fourth-order valence-electron chi connectivity index (χ4n) is 1.20. The third kappa shape index (κ3) is 3.02. The van der Waals surface area contributed by atoms with Crippen molar-refractivity contribution < 1.29 is 9.53 Å².